The summed E-state index contributed by atoms with van der Waals surface area (Å²) in [7, 11) is 0. The van der Waals surface area contributed by atoms with Crippen LogP contribution in [0.4, 0.5) is 5.82 Å². The van der Waals surface area contributed by atoms with Crippen LogP contribution in [0.15, 0.2) is 12.3 Å². The van der Waals surface area contributed by atoms with Crippen LogP contribution >= 0.6 is 0 Å². The van der Waals surface area contributed by atoms with Gasteiger partial charge in [0, 0.05) is 18.5 Å². The number of nitrogens with zero attached hydrogens (tertiary/aromatic N) is 2. The Hall–Kier alpha value is -1.36. The second-order valence-corrected chi connectivity index (χ2v) is 4.35. The molecule has 1 atom stereocenters. The number of carbonyl (C=O) groups is 1. The van der Waals surface area contributed by atoms with E-state index in [-0.39, 0.29) is 17.9 Å². The zero-order valence-corrected chi connectivity index (χ0v) is 10.1. The van der Waals surface area contributed by atoms with Gasteiger partial charge in [0.05, 0.1) is 6.20 Å². The van der Waals surface area contributed by atoms with E-state index in [0.717, 1.165) is 5.82 Å². The molecule has 1 aromatic rings. The summed E-state index contributed by atoms with van der Waals surface area (Å²) in [6.07, 6.45) is 2.13. The number of aromatic nitrogens is 2. The summed E-state index contributed by atoms with van der Waals surface area (Å²) in [5.74, 6) is 0.931. The van der Waals surface area contributed by atoms with Crippen molar-refractivity contribution >= 4 is 11.7 Å². The van der Waals surface area contributed by atoms with Crippen molar-refractivity contribution in [2.24, 2.45) is 11.7 Å². The number of nitrogens with two attached hydrogens (primary N) is 1. The third-order valence-corrected chi connectivity index (χ3v) is 2.36. The highest BCUT2D eigenvalue weighted by atomic mass is 16.1. The molecule has 0 radical (unpaired) electrons. The van der Waals surface area contributed by atoms with Crippen LogP contribution in [-0.4, -0.2) is 22.2 Å². The molecule has 1 amide bonds. The maximum atomic E-state index is 11.6. The van der Waals surface area contributed by atoms with Crippen molar-refractivity contribution in [1.82, 2.24) is 9.78 Å². The molecule has 3 N–H and O–H groups in total. The molecule has 0 bridgehead atoms. The lowest BCUT2D eigenvalue weighted by molar-refractivity contribution is -0.116. The van der Waals surface area contributed by atoms with E-state index in [4.69, 9.17) is 5.73 Å². The minimum absolute atomic E-state index is 0.0136. The van der Waals surface area contributed by atoms with Crippen molar-refractivity contribution in [2.75, 3.05) is 11.9 Å². The van der Waals surface area contributed by atoms with E-state index in [1.165, 1.54) is 0 Å². The van der Waals surface area contributed by atoms with E-state index in [9.17, 15) is 4.79 Å². The number of hydrogen-bond donors (Lipinski definition) is 2. The Labute approximate surface area is 96.0 Å². The van der Waals surface area contributed by atoms with Gasteiger partial charge in [0.1, 0.15) is 5.82 Å². The molecule has 0 spiro atoms. The lowest BCUT2D eigenvalue weighted by Crippen LogP contribution is -2.21. The maximum Gasteiger partial charge on any atom is 0.225 e. The number of anilines is 1. The van der Waals surface area contributed by atoms with Gasteiger partial charge in [-0.2, -0.15) is 5.10 Å². The van der Waals surface area contributed by atoms with E-state index < -0.39 is 0 Å². The van der Waals surface area contributed by atoms with Crippen LogP contribution in [0.25, 0.3) is 0 Å². The Balaban J connectivity index is 2.59. The summed E-state index contributed by atoms with van der Waals surface area (Å²) in [6.45, 7) is 6.52. The lowest BCUT2D eigenvalue weighted by Gasteiger charge is -2.13. The van der Waals surface area contributed by atoms with Crippen molar-refractivity contribution in [3.8, 4) is 0 Å². The first-order valence-corrected chi connectivity index (χ1v) is 5.58. The molecule has 90 valence electrons. The second kappa shape index (κ2) is 5.65. The van der Waals surface area contributed by atoms with E-state index in [1.807, 2.05) is 20.8 Å². The SMILES string of the molecule is CC(CN)CC(=O)Nc1ccnn1C(C)C. The molecule has 5 heteroatoms. The average Bonchev–Trinajstić information content (AvgIpc) is 2.65. The molecule has 0 saturated carbocycles. The molecule has 1 unspecified atom stereocenters. The Morgan fingerprint density at radius 3 is 2.81 bits per heavy atom. The first-order chi connectivity index (χ1) is 7.54. The minimum Gasteiger partial charge on any atom is -0.330 e. The van der Waals surface area contributed by atoms with Crippen molar-refractivity contribution in [3.63, 3.8) is 0 Å². The molecule has 0 saturated heterocycles. The molecule has 1 aromatic heterocycles. The van der Waals surface area contributed by atoms with Gasteiger partial charge in [0.2, 0.25) is 5.91 Å². The second-order valence-electron chi connectivity index (χ2n) is 4.35. The highest BCUT2D eigenvalue weighted by Gasteiger charge is 2.11. The van der Waals surface area contributed by atoms with Gasteiger partial charge in [-0.25, -0.2) is 4.68 Å². The van der Waals surface area contributed by atoms with Crippen LogP contribution in [0.3, 0.4) is 0 Å². The standard InChI is InChI=1S/C11H20N4O/c1-8(2)15-10(4-5-13-15)14-11(16)6-9(3)7-12/h4-5,8-9H,6-7,12H2,1-3H3,(H,14,16). The van der Waals surface area contributed by atoms with Crippen molar-refractivity contribution < 1.29 is 4.79 Å². The Morgan fingerprint density at radius 1 is 1.56 bits per heavy atom. The normalized spacial score (nSPS) is 12.8. The largest absolute Gasteiger partial charge is 0.330 e. The van der Waals surface area contributed by atoms with E-state index in [2.05, 4.69) is 10.4 Å². The molecule has 0 aliphatic carbocycles. The summed E-state index contributed by atoms with van der Waals surface area (Å²) < 4.78 is 1.78. The predicted molar refractivity (Wildman–Crippen MR) is 64.1 cm³/mol. The Kier molecular flexibility index (Phi) is 4.49. The number of rotatable bonds is 5. The van der Waals surface area contributed by atoms with Crippen LogP contribution in [-0.2, 0) is 4.79 Å². The quantitative estimate of drug-likeness (QED) is 0.793. The number of carbonyl (C=O) groups excluding carboxylic acids is 1. The minimum atomic E-state index is -0.0136. The molecule has 5 nitrogen and oxygen atoms in total. The fourth-order valence-electron chi connectivity index (χ4n) is 1.42. The summed E-state index contributed by atoms with van der Waals surface area (Å²) >= 11 is 0. The van der Waals surface area contributed by atoms with Crippen molar-refractivity contribution in [1.29, 1.82) is 0 Å². The molecule has 0 aromatic carbocycles. The zero-order valence-electron chi connectivity index (χ0n) is 10.1. The molecule has 0 aliphatic heterocycles. The van der Waals surface area contributed by atoms with Crippen molar-refractivity contribution in [2.45, 2.75) is 33.2 Å². The monoisotopic (exact) mass is 224 g/mol. The molecule has 1 rings (SSSR count). The van der Waals surface area contributed by atoms with Crippen LogP contribution in [0.2, 0.25) is 0 Å². The Bertz CT molecular complexity index is 346. The van der Waals surface area contributed by atoms with Gasteiger partial charge < -0.3 is 11.1 Å². The number of amides is 1. The van der Waals surface area contributed by atoms with Gasteiger partial charge in [0.15, 0.2) is 0 Å². The summed E-state index contributed by atoms with van der Waals surface area (Å²) in [6, 6.07) is 2.03. The van der Waals surface area contributed by atoms with Gasteiger partial charge in [-0.1, -0.05) is 6.92 Å². The Morgan fingerprint density at radius 2 is 2.25 bits per heavy atom. The van der Waals surface area contributed by atoms with Gasteiger partial charge >= 0.3 is 0 Å². The van der Waals surface area contributed by atoms with Gasteiger partial charge in [-0.05, 0) is 26.3 Å². The smallest absolute Gasteiger partial charge is 0.225 e. The van der Waals surface area contributed by atoms with E-state index in [0.29, 0.717) is 13.0 Å². The molecule has 1 heterocycles. The van der Waals surface area contributed by atoms with Crippen LogP contribution in [0, 0.1) is 5.92 Å². The summed E-state index contributed by atoms with van der Waals surface area (Å²) in [5, 5.41) is 6.99. The fourth-order valence-corrected chi connectivity index (χ4v) is 1.42. The first-order valence-electron chi connectivity index (χ1n) is 5.58. The molecular weight excluding hydrogens is 204 g/mol. The van der Waals surface area contributed by atoms with Gasteiger partial charge in [-0.15, -0.1) is 0 Å². The summed E-state index contributed by atoms with van der Waals surface area (Å²) in [4.78, 5) is 11.6. The highest BCUT2D eigenvalue weighted by molar-refractivity contribution is 5.89. The molecule has 0 fully saturated rings. The lowest BCUT2D eigenvalue weighted by atomic mass is 10.1. The topological polar surface area (TPSA) is 72.9 Å². The summed E-state index contributed by atoms with van der Waals surface area (Å²) in [5.41, 5.74) is 5.47. The van der Waals surface area contributed by atoms with Crippen molar-refractivity contribution in [3.05, 3.63) is 12.3 Å². The fraction of sp³-hybridized carbons (Fsp3) is 0.636. The van der Waals surface area contributed by atoms with Crippen LogP contribution < -0.4 is 11.1 Å². The highest BCUT2D eigenvalue weighted by Crippen LogP contribution is 2.13. The molecular formula is C11H20N4O. The van der Waals surface area contributed by atoms with Crippen LogP contribution in [0.5, 0.6) is 0 Å². The molecule has 16 heavy (non-hydrogen) atoms. The number of nitrogens with one attached hydrogen (secondary N) is 1. The van der Waals surface area contributed by atoms with Gasteiger partial charge in [0.25, 0.3) is 0 Å². The van der Waals surface area contributed by atoms with Gasteiger partial charge in [-0.3, -0.25) is 4.79 Å². The van der Waals surface area contributed by atoms with E-state index in [1.54, 1.807) is 16.9 Å². The predicted octanol–water partition coefficient (Wildman–Crippen LogP) is 1.39. The first kappa shape index (κ1) is 12.7. The number of hydrogen-bond acceptors (Lipinski definition) is 3. The van der Waals surface area contributed by atoms with Crippen LogP contribution in [0.1, 0.15) is 33.2 Å². The molecule has 0 aliphatic rings. The third kappa shape index (κ3) is 3.34. The average molecular weight is 224 g/mol. The zero-order chi connectivity index (χ0) is 12.1. The van der Waals surface area contributed by atoms with E-state index >= 15 is 0 Å². The third-order valence-electron chi connectivity index (χ3n) is 2.36. The maximum absolute atomic E-state index is 11.6.